The zero-order chi connectivity index (χ0) is 20.0. The van der Waals surface area contributed by atoms with E-state index in [2.05, 4.69) is 4.98 Å². The minimum absolute atomic E-state index is 0.0653. The first-order valence-corrected chi connectivity index (χ1v) is 8.98. The van der Waals surface area contributed by atoms with Gasteiger partial charge in [-0.15, -0.1) is 0 Å². The van der Waals surface area contributed by atoms with Crippen LogP contribution in [0.2, 0.25) is 0 Å². The molecule has 8 nitrogen and oxygen atoms in total. The summed E-state index contributed by atoms with van der Waals surface area (Å²) in [4.78, 5) is 29.6. The monoisotopic (exact) mass is 375 g/mol. The minimum Gasteiger partial charge on any atom is -0.477 e. The number of nitrogens with two attached hydrogens (primary N) is 1. The summed E-state index contributed by atoms with van der Waals surface area (Å²) in [6, 6.07) is 3.92. The second-order valence-corrected chi connectivity index (χ2v) is 7.37. The number of carbonyl (C=O) groups excluding carboxylic acids is 1. The van der Waals surface area contributed by atoms with Crippen LogP contribution in [0.1, 0.15) is 38.4 Å². The van der Waals surface area contributed by atoms with Crippen LogP contribution in [0.25, 0.3) is 0 Å². The number of carboxylic acids is 1. The van der Waals surface area contributed by atoms with Crippen LogP contribution in [0.3, 0.4) is 0 Å². The SMILES string of the molecule is CC(C)(C)OC(=O)N1CCCc2ccc(CC[NH2+]C=C(C=N)C(=O)O)nc21. The van der Waals surface area contributed by atoms with Gasteiger partial charge in [0.15, 0.2) is 0 Å². The summed E-state index contributed by atoms with van der Waals surface area (Å²) in [5.41, 5.74) is 1.21. The summed E-state index contributed by atoms with van der Waals surface area (Å²) in [7, 11) is 0. The number of fused-ring (bicyclic) bond motifs is 1. The highest BCUT2D eigenvalue weighted by Crippen LogP contribution is 2.27. The number of amides is 1. The van der Waals surface area contributed by atoms with Gasteiger partial charge in [-0.1, -0.05) is 6.07 Å². The number of pyridine rings is 1. The molecule has 1 aromatic heterocycles. The van der Waals surface area contributed by atoms with Crippen molar-refractivity contribution in [3.63, 3.8) is 0 Å². The molecule has 146 valence electrons. The van der Waals surface area contributed by atoms with Crippen molar-refractivity contribution >= 4 is 24.1 Å². The fourth-order valence-electron chi connectivity index (χ4n) is 2.74. The summed E-state index contributed by atoms with van der Waals surface area (Å²) in [6.07, 6.45) is 4.19. The molecule has 1 aliphatic heterocycles. The van der Waals surface area contributed by atoms with E-state index >= 15 is 0 Å². The van der Waals surface area contributed by atoms with Crippen LogP contribution in [0.4, 0.5) is 10.6 Å². The normalized spacial score (nSPS) is 14.5. The molecule has 0 aliphatic carbocycles. The molecule has 4 N–H and O–H groups in total. The van der Waals surface area contributed by atoms with Crippen molar-refractivity contribution in [2.75, 3.05) is 18.0 Å². The van der Waals surface area contributed by atoms with Gasteiger partial charge in [-0.3, -0.25) is 4.90 Å². The van der Waals surface area contributed by atoms with Crippen LogP contribution >= 0.6 is 0 Å². The van der Waals surface area contributed by atoms with Crippen LogP contribution in [-0.4, -0.2) is 47.1 Å². The van der Waals surface area contributed by atoms with E-state index in [1.807, 2.05) is 32.9 Å². The average molecular weight is 375 g/mol. The summed E-state index contributed by atoms with van der Waals surface area (Å²) < 4.78 is 5.49. The van der Waals surface area contributed by atoms with E-state index in [9.17, 15) is 9.59 Å². The van der Waals surface area contributed by atoms with Crippen molar-refractivity contribution in [2.45, 2.75) is 45.6 Å². The third-order valence-corrected chi connectivity index (χ3v) is 3.98. The van der Waals surface area contributed by atoms with Gasteiger partial charge in [-0.05, 0) is 45.2 Å². The van der Waals surface area contributed by atoms with Gasteiger partial charge in [-0.25, -0.2) is 14.6 Å². The van der Waals surface area contributed by atoms with E-state index in [1.165, 1.54) is 6.20 Å². The Balaban J connectivity index is 2.07. The number of aliphatic carboxylic acids is 1. The second-order valence-electron chi connectivity index (χ2n) is 7.37. The highest BCUT2D eigenvalue weighted by Gasteiger charge is 2.28. The summed E-state index contributed by atoms with van der Waals surface area (Å²) in [5.74, 6) is -0.476. The lowest BCUT2D eigenvalue weighted by atomic mass is 10.0. The van der Waals surface area contributed by atoms with E-state index < -0.39 is 11.6 Å². The lowest BCUT2D eigenvalue weighted by Crippen LogP contribution is -2.79. The maximum atomic E-state index is 12.5. The van der Waals surface area contributed by atoms with Gasteiger partial charge < -0.3 is 20.6 Å². The van der Waals surface area contributed by atoms with Crippen molar-refractivity contribution < 1.29 is 24.7 Å². The highest BCUT2D eigenvalue weighted by atomic mass is 16.6. The predicted molar refractivity (Wildman–Crippen MR) is 101 cm³/mol. The smallest absolute Gasteiger partial charge is 0.416 e. The fourth-order valence-corrected chi connectivity index (χ4v) is 2.74. The molecule has 0 saturated carbocycles. The minimum atomic E-state index is -1.12. The number of hydrogen-bond acceptors (Lipinski definition) is 5. The van der Waals surface area contributed by atoms with Crippen LogP contribution in [0.5, 0.6) is 0 Å². The molecule has 2 heterocycles. The van der Waals surface area contributed by atoms with Crippen molar-refractivity contribution in [1.82, 2.24) is 4.98 Å². The molecule has 8 heteroatoms. The van der Waals surface area contributed by atoms with Gasteiger partial charge in [0.25, 0.3) is 0 Å². The van der Waals surface area contributed by atoms with Crippen molar-refractivity contribution in [3.05, 3.63) is 35.2 Å². The van der Waals surface area contributed by atoms with Gasteiger partial charge in [-0.2, -0.15) is 0 Å². The third-order valence-electron chi connectivity index (χ3n) is 3.98. The number of quaternary nitrogens is 1. The Hall–Kier alpha value is -2.74. The van der Waals surface area contributed by atoms with Gasteiger partial charge in [0.05, 0.1) is 6.54 Å². The van der Waals surface area contributed by atoms with Crippen LogP contribution in [0.15, 0.2) is 23.9 Å². The zero-order valence-corrected chi connectivity index (χ0v) is 16.0. The maximum Gasteiger partial charge on any atom is 0.416 e. The number of rotatable bonds is 6. The molecule has 1 amide bonds. The molecule has 1 aliphatic rings. The van der Waals surface area contributed by atoms with Gasteiger partial charge in [0.2, 0.25) is 0 Å². The third kappa shape index (κ3) is 5.89. The topological polar surface area (TPSA) is 120 Å². The number of aromatic nitrogens is 1. The molecular weight excluding hydrogens is 348 g/mol. The Bertz CT molecular complexity index is 753. The van der Waals surface area contributed by atoms with Gasteiger partial charge >= 0.3 is 12.1 Å². The standard InChI is InChI=1S/C19H26N4O4/c1-19(2,3)27-18(26)23-10-4-5-13-6-7-15(22-16(13)23)8-9-21-12-14(11-20)17(24)25/h6-7,11-12,20-21H,4-5,8-10H2,1-3H3,(H,24,25)/p+1. The number of nitrogens with one attached hydrogen (secondary N) is 1. The quantitative estimate of drug-likeness (QED) is 0.395. The maximum absolute atomic E-state index is 12.5. The number of aryl methyl sites for hydroxylation is 1. The molecule has 1 aromatic rings. The number of carbonyl (C=O) groups is 2. The number of anilines is 1. The first-order chi connectivity index (χ1) is 12.7. The predicted octanol–water partition coefficient (Wildman–Crippen LogP) is 1.49. The fraction of sp³-hybridized carbons (Fsp3) is 0.474. The van der Waals surface area contributed by atoms with E-state index in [0.717, 1.165) is 30.3 Å². The first kappa shape index (κ1) is 20.6. The Morgan fingerprint density at radius 1 is 1.41 bits per heavy atom. The second kappa shape index (κ2) is 8.77. The average Bonchev–Trinajstić information content (AvgIpc) is 2.59. The summed E-state index contributed by atoms with van der Waals surface area (Å²) in [6.45, 7) is 6.67. The first-order valence-electron chi connectivity index (χ1n) is 8.98. The Morgan fingerprint density at radius 2 is 2.15 bits per heavy atom. The van der Waals surface area contributed by atoms with Crippen molar-refractivity contribution in [1.29, 1.82) is 5.41 Å². The molecule has 0 radical (unpaired) electrons. The lowest BCUT2D eigenvalue weighted by molar-refractivity contribution is -0.587. The van der Waals surface area contributed by atoms with Crippen molar-refractivity contribution in [2.24, 2.45) is 0 Å². The number of carboxylic acid groups (broad SMARTS) is 1. The number of hydrogen-bond donors (Lipinski definition) is 3. The summed E-state index contributed by atoms with van der Waals surface area (Å²) in [5, 5.41) is 17.7. The highest BCUT2D eigenvalue weighted by molar-refractivity contribution is 6.07. The van der Waals surface area contributed by atoms with Crippen LogP contribution in [-0.2, 0) is 22.4 Å². The summed E-state index contributed by atoms with van der Waals surface area (Å²) >= 11 is 0. The van der Waals surface area contributed by atoms with Crippen LogP contribution < -0.4 is 10.2 Å². The molecule has 0 spiro atoms. The zero-order valence-electron chi connectivity index (χ0n) is 16.0. The number of ether oxygens (including phenoxy) is 1. The largest absolute Gasteiger partial charge is 0.477 e. The molecule has 0 unspecified atom stereocenters. The Labute approximate surface area is 158 Å². The number of nitrogens with zero attached hydrogens (tertiary/aromatic N) is 2. The van der Waals surface area contributed by atoms with Crippen LogP contribution in [0, 0.1) is 5.41 Å². The molecular formula is C19H27N4O4+. The van der Waals surface area contributed by atoms with E-state index in [-0.39, 0.29) is 11.7 Å². The van der Waals surface area contributed by atoms with E-state index in [1.54, 1.807) is 10.2 Å². The lowest BCUT2D eigenvalue weighted by Gasteiger charge is -2.31. The van der Waals surface area contributed by atoms with Gasteiger partial charge in [0.1, 0.15) is 23.2 Å². The molecule has 0 fully saturated rings. The van der Waals surface area contributed by atoms with Crippen molar-refractivity contribution in [3.8, 4) is 0 Å². The Kier molecular flexibility index (Phi) is 6.68. The molecule has 27 heavy (non-hydrogen) atoms. The Morgan fingerprint density at radius 3 is 2.78 bits per heavy atom. The van der Waals surface area contributed by atoms with E-state index in [4.69, 9.17) is 15.3 Å². The van der Waals surface area contributed by atoms with Gasteiger partial charge in [0, 0.05) is 24.9 Å². The molecule has 2 rings (SSSR count). The molecule has 0 atom stereocenters. The molecule has 0 aromatic carbocycles. The molecule has 0 saturated heterocycles. The van der Waals surface area contributed by atoms with E-state index in [0.29, 0.717) is 25.3 Å². The molecule has 0 bridgehead atoms.